The molecule has 0 atom stereocenters. The lowest BCUT2D eigenvalue weighted by Crippen LogP contribution is -2.44. The van der Waals surface area contributed by atoms with Crippen molar-refractivity contribution in [2.24, 2.45) is 0 Å². The molecule has 1 aliphatic carbocycles. The zero-order valence-electron chi connectivity index (χ0n) is 28.9. The number of carbonyl (C=O) groups excluding carboxylic acids is 1. The molecule has 2 heterocycles. The van der Waals surface area contributed by atoms with Crippen LogP contribution in [0, 0.1) is 11.6 Å². The number of nitrogens with zero attached hydrogens (tertiary/aromatic N) is 2. The highest BCUT2D eigenvalue weighted by Crippen LogP contribution is 2.58. The van der Waals surface area contributed by atoms with Gasteiger partial charge in [0.1, 0.15) is 29.2 Å². The third-order valence-corrected chi connectivity index (χ3v) is 11.5. The van der Waals surface area contributed by atoms with Gasteiger partial charge in [-0.3, -0.25) is 9.52 Å². The highest BCUT2D eigenvalue weighted by atomic mass is 32.2. The number of carbonyl (C=O) groups is 1. The van der Waals surface area contributed by atoms with Crippen LogP contribution < -0.4 is 23.8 Å². The minimum Gasteiger partial charge on any atom is -0.497 e. The van der Waals surface area contributed by atoms with Crippen LogP contribution in [0.3, 0.4) is 0 Å². The first-order valence-electron chi connectivity index (χ1n) is 17.2. The number of halogens is 2. The average Bonchev–Trinajstić information content (AvgIpc) is 3.35. The second-order valence-corrected chi connectivity index (χ2v) is 15.6. The highest BCUT2D eigenvalue weighted by Gasteiger charge is 2.55. The predicted octanol–water partition coefficient (Wildman–Crippen LogP) is 7.64. The van der Waals surface area contributed by atoms with Crippen molar-refractivity contribution in [1.82, 2.24) is 4.90 Å². The van der Waals surface area contributed by atoms with Gasteiger partial charge in [0, 0.05) is 30.4 Å². The molecule has 1 saturated heterocycles. The minimum absolute atomic E-state index is 0.0132. The molecule has 0 unspecified atom stereocenters. The van der Waals surface area contributed by atoms with Crippen molar-refractivity contribution in [2.75, 3.05) is 42.6 Å². The Bertz CT molecular complexity index is 2060. The van der Waals surface area contributed by atoms with Crippen LogP contribution in [0.1, 0.15) is 50.2 Å². The van der Waals surface area contributed by atoms with Gasteiger partial charge in [-0.1, -0.05) is 18.6 Å². The third-order valence-electron chi connectivity index (χ3n) is 10.2. The first-order chi connectivity index (χ1) is 24.5. The smallest absolute Gasteiger partial charge is 0.238 e. The molecule has 2 fully saturated rings. The number of ether oxygens (including phenoxy) is 3. The van der Waals surface area contributed by atoms with E-state index in [0.717, 1.165) is 67.0 Å². The number of fused-ring (bicyclic) bond motifs is 2. The molecule has 1 spiro atoms. The van der Waals surface area contributed by atoms with E-state index in [1.54, 1.807) is 19.2 Å². The number of rotatable bonds is 11. The molecule has 3 aliphatic rings. The molecule has 0 aromatic heterocycles. The molecule has 7 rings (SSSR count). The summed E-state index contributed by atoms with van der Waals surface area (Å²) in [6.07, 6.45) is 3.76. The second kappa shape index (κ2) is 13.8. The van der Waals surface area contributed by atoms with E-state index < -0.39 is 27.1 Å². The number of nitrogens with one attached hydrogen (secondary N) is 1. The normalized spacial score (nSPS) is 17.3. The van der Waals surface area contributed by atoms with Crippen LogP contribution in [0.2, 0.25) is 0 Å². The Labute approximate surface area is 297 Å². The maximum atomic E-state index is 14.9. The lowest BCUT2D eigenvalue weighted by atomic mass is 9.65. The number of anilines is 2. The molecule has 0 bridgehead atoms. The Hall–Kier alpha value is -4.68. The van der Waals surface area contributed by atoms with Gasteiger partial charge < -0.3 is 24.0 Å². The van der Waals surface area contributed by atoms with E-state index >= 15 is 0 Å². The van der Waals surface area contributed by atoms with E-state index in [9.17, 15) is 22.0 Å². The zero-order chi connectivity index (χ0) is 35.9. The Morgan fingerprint density at radius 1 is 0.922 bits per heavy atom. The Balaban J connectivity index is 1.39. The molecule has 12 heteroatoms. The second-order valence-electron chi connectivity index (χ2n) is 13.6. The van der Waals surface area contributed by atoms with Crippen molar-refractivity contribution >= 4 is 27.3 Å². The number of piperidine rings is 1. The molecule has 268 valence electrons. The van der Waals surface area contributed by atoms with Crippen LogP contribution in [-0.2, 0) is 26.8 Å². The van der Waals surface area contributed by atoms with Gasteiger partial charge in [0.15, 0.2) is 11.6 Å². The Morgan fingerprint density at radius 2 is 1.65 bits per heavy atom. The van der Waals surface area contributed by atoms with E-state index in [4.69, 9.17) is 14.2 Å². The highest BCUT2D eigenvalue weighted by molar-refractivity contribution is 7.92. The number of methoxy groups -OCH3 is 1. The van der Waals surface area contributed by atoms with E-state index in [1.165, 1.54) is 19.1 Å². The third kappa shape index (κ3) is 6.86. The first kappa shape index (κ1) is 34.8. The van der Waals surface area contributed by atoms with Gasteiger partial charge in [-0.05, 0) is 111 Å². The predicted molar refractivity (Wildman–Crippen MR) is 192 cm³/mol. The van der Waals surface area contributed by atoms with Crippen LogP contribution in [0.4, 0.5) is 20.2 Å². The van der Waals surface area contributed by atoms with E-state index in [1.807, 2.05) is 41.3 Å². The number of sulfonamides is 1. The summed E-state index contributed by atoms with van der Waals surface area (Å²) < 4.78 is 74.8. The fourth-order valence-electron chi connectivity index (χ4n) is 7.17. The van der Waals surface area contributed by atoms with Gasteiger partial charge >= 0.3 is 0 Å². The molecule has 2 aliphatic heterocycles. The lowest BCUT2D eigenvalue weighted by molar-refractivity contribution is -0.126. The number of likely N-dealkylation sites (tertiary alicyclic amines) is 1. The van der Waals surface area contributed by atoms with E-state index in [2.05, 4.69) is 16.7 Å². The summed E-state index contributed by atoms with van der Waals surface area (Å²) in [6.45, 7) is 3.61. The molecular formula is C39H41F2N3O6S. The largest absolute Gasteiger partial charge is 0.497 e. The summed E-state index contributed by atoms with van der Waals surface area (Å²) >= 11 is 0. The number of benzene rings is 4. The van der Waals surface area contributed by atoms with Crippen LogP contribution >= 0.6 is 0 Å². The van der Waals surface area contributed by atoms with Crippen molar-refractivity contribution in [2.45, 2.75) is 57.1 Å². The van der Waals surface area contributed by atoms with Gasteiger partial charge in [0.25, 0.3) is 0 Å². The van der Waals surface area contributed by atoms with E-state index in [0.29, 0.717) is 36.3 Å². The number of hydrogen-bond donors (Lipinski definition) is 1. The SMILES string of the molecule is CCS(=O)(=O)Nc1ccc(Oc2ccc(F)cc2F)c(-c2cc(OC3CCN(C)CC3)c3c(c2)C2(CCC2)C(=O)N3Cc2ccc(OC)cc2)c1. The van der Waals surface area contributed by atoms with Crippen molar-refractivity contribution < 1.29 is 36.2 Å². The monoisotopic (exact) mass is 717 g/mol. The molecule has 51 heavy (non-hydrogen) atoms. The zero-order valence-corrected chi connectivity index (χ0v) is 29.7. The van der Waals surface area contributed by atoms with Gasteiger partial charge in [0.2, 0.25) is 15.9 Å². The summed E-state index contributed by atoms with van der Waals surface area (Å²) in [6, 6.07) is 19.2. The summed E-state index contributed by atoms with van der Waals surface area (Å²) in [5.41, 5.74) is 3.10. The standard InChI is InChI=1S/C39H41F2N3O6S/c1-4-51(46,47)42-28-9-13-34(50-35-12-8-27(40)22-33(35)41)31(23-28)26-20-32-37(36(21-26)49-30-14-18-43(2)19-15-30)44(38(45)39(32)16-5-17-39)24-25-6-10-29(48-3)11-7-25/h6-13,20-23,30,42H,4-5,14-19,24H2,1-3H3. The number of hydrogen-bond acceptors (Lipinski definition) is 7. The maximum absolute atomic E-state index is 14.9. The topological polar surface area (TPSA) is 97.4 Å². The molecule has 4 aromatic carbocycles. The van der Waals surface area contributed by atoms with Gasteiger partial charge in [-0.25, -0.2) is 17.2 Å². The van der Waals surface area contributed by atoms with Gasteiger partial charge in [-0.15, -0.1) is 0 Å². The Morgan fingerprint density at radius 3 is 2.29 bits per heavy atom. The molecule has 1 N–H and O–H groups in total. The summed E-state index contributed by atoms with van der Waals surface area (Å²) in [7, 11) is 0.0521. The maximum Gasteiger partial charge on any atom is 0.238 e. The van der Waals surface area contributed by atoms with Crippen LogP contribution in [0.25, 0.3) is 11.1 Å². The van der Waals surface area contributed by atoms with Crippen LogP contribution in [-0.4, -0.2) is 58.3 Å². The quantitative estimate of drug-likeness (QED) is 0.170. The van der Waals surface area contributed by atoms with Gasteiger partial charge in [-0.2, -0.15) is 0 Å². The molecular weight excluding hydrogens is 677 g/mol. The summed E-state index contributed by atoms with van der Waals surface area (Å²) in [5, 5.41) is 0. The first-order valence-corrected chi connectivity index (χ1v) is 18.9. The Kier molecular flexibility index (Phi) is 9.40. The molecule has 1 saturated carbocycles. The number of amides is 1. The minimum atomic E-state index is -3.64. The van der Waals surface area contributed by atoms with E-state index in [-0.39, 0.29) is 35.0 Å². The van der Waals surface area contributed by atoms with Crippen molar-refractivity contribution in [3.05, 3.63) is 95.6 Å². The average molecular weight is 718 g/mol. The van der Waals surface area contributed by atoms with Crippen LogP contribution in [0.15, 0.2) is 72.8 Å². The van der Waals surface area contributed by atoms with Crippen molar-refractivity contribution in [3.8, 4) is 34.1 Å². The van der Waals surface area contributed by atoms with Gasteiger partial charge in [0.05, 0.1) is 30.5 Å². The fourth-order valence-corrected chi connectivity index (χ4v) is 7.80. The molecule has 9 nitrogen and oxygen atoms in total. The van der Waals surface area contributed by atoms with Crippen LogP contribution in [0.5, 0.6) is 23.0 Å². The molecule has 4 aromatic rings. The lowest BCUT2D eigenvalue weighted by Gasteiger charge is -2.37. The molecule has 0 radical (unpaired) electrons. The summed E-state index contributed by atoms with van der Waals surface area (Å²) in [4.78, 5) is 18.6. The van der Waals surface area contributed by atoms with Crippen molar-refractivity contribution in [3.63, 3.8) is 0 Å². The fraction of sp³-hybridized carbons (Fsp3) is 0.359. The van der Waals surface area contributed by atoms with Crippen molar-refractivity contribution in [1.29, 1.82) is 0 Å². The molecule has 1 amide bonds. The summed E-state index contributed by atoms with van der Waals surface area (Å²) in [5.74, 6) is -0.463.